The lowest BCUT2D eigenvalue weighted by Gasteiger charge is -2.42. The lowest BCUT2D eigenvalue weighted by Crippen LogP contribution is -2.44. The van der Waals surface area contributed by atoms with Crippen molar-refractivity contribution in [2.45, 2.75) is 38.1 Å². The van der Waals surface area contributed by atoms with Crippen molar-refractivity contribution in [1.82, 2.24) is 25.1 Å². The van der Waals surface area contributed by atoms with E-state index in [1.54, 1.807) is 0 Å². The van der Waals surface area contributed by atoms with Crippen LogP contribution in [0.2, 0.25) is 0 Å². The molecule has 1 aliphatic carbocycles. The van der Waals surface area contributed by atoms with Crippen LogP contribution >= 0.6 is 0 Å². The fourth-order valence-corrected chi connectivity index (χ4v) is 6.22. The van der Waals surface area contributed by atoms with Crippen LogP contribution in [-0.2, 0) is 12.8 Å². The molecule has 1 saturated heterocycles. The standard InChI is InChI=1S/C26H28N8/c27-23-18-6-2-1-5-17(18)15-26(23)9-13-33(14-10-26)21-16-29-22-24(30-21)31-32-25(22)34-12-4-7-19-20(34)8-3-11-28-19/h1-3,5-6,8,11,16,23H,4,7,9-10,12-15,27H2,(H,30,31,32)/t23-/m1/s1. The van der Waals surface area contributed by atoms with Crippen LogP contribution in [0.3, 0.4) is 0 Å². The van der Waals surface area contributed by atoms with Crippen molar-refractivity contribution in [3.05, 3.63) is 65.6 Å². The molecular weight excluding hydrogens is 424 g/mol. The highest BCUT2D eigenvalue weighted by Crippen LogP contribution is 2.51. The van der Waals surface area contributed by atoms with Crippen molar-refractivity contribution in [1.29, 1.82) is 0 Å². The third-order valence-electron chi connectivity index (χ3n) is 8.12. The second-order valence-electron chi connectivity index (χ2n) is 9.90. The molecule has 2 aliphatic heterocycles. The molecule has 8 nitrogen and oxygen atoms in total. The van der Waals surface area contributed by atoms with Crippen molar-refractivity contribution < 1.29 is 0 Å². The molecule has 1 fully saturated rings. The Balaban J connectivity index is 1.13. The smallest absolute Gasteiger partial charge is 0.183 e. The average molecular weight is 453 g/mol. The van der Waals surface area contributed by atoms with Gasteiger partial charge in [0.2, 0.25) is 0 Å². The number of benzene rings is 1. The van der Waals surface area contributed by atoms with Crippen LogP contribution in [-0.4, -0.2) is 44.8 Å². The quantitative estimate of drug-likeness (QED) is 0.479. The van der Waals surface area contributed by atoms with Crippen molar-refractivity contribution in [2.75, 3.05) is 29.4 Å². The van der Waals surface area contributed by atoms with Gasteiger partial charge in [-0.1, -0.05) is 24.3 Å². The summed E-state index contributed by atoms with van der Waals surface area (Å²) in [5, 5.41) is 7.74. The summed E-state index contributed by atoms with van der Waals surface area (Å²) in [5.41, 5.74) is 13.4. The number of rotatable bonds is 2. The van der Waals surface area contributed by atoms with Crippen LogP contribution in [0.5, 0.6) is 0 Å². The van der Waals surface area contributed by atoms with E-state index in [-0.39, 0.29) is 11.5 Å². The van der Waals surface area contributed by atoms with Crippen molar-refractivity contribution in [3.63, 3.8) is 0 Å². The number of anilines is 3. The number of nitrogens with one attached hydrogen (secondary N) is 1. The zero-order valence-corrected chi connectivity index (χ0v) is 19.1. The highest BCUT2D eigenvalue weighted by molar-refractivity contribution is 5.87. The number of aryl methyl sites for hydroxylation is 1. The van der Waals surface area contributed by atoms with E-state index in [0.717, 1.165) is 85.9 Å². The van der Waals surface area contributed by atoms with E-state index in [1.165, 1.54) is 11.1 Å². The van der Waals surface area contributed by atoms with E-state index in [2.05, 4.69) is 55.3 Å². The predicted molar refractivity (Wildman–Crippen MR) is 132 cm³/mol. The van der Waals surface area contributed by atoms with Crippen LogP contribution in [0.1, 0.15) is 42.1 Å². The molecule has 34 heavy (non-hydrogen) atoms. The van der Waals surface area contributed by atoms with Gasteiger partial charge in [0.15, 0.2) is 17.0 Å². The summed E-state index contributed by atoms with van der Waals surface area (Å²) in [6, 6.07) is 12.9. The zero-order valence-electron chi connectivity index (χ0n) is 19.1. The summed E-state index contributed by atoms with van der Waals surface area (Å²) in [6.45, 7) is 2.78. The molecule has 3 aliphatic rings. The Morgan fingerprint density at radius 2 is 1.91 bits per heavy atom. The minimum absolute atomic E-state index is 0.122. The summed E-state index contributed by atoms with van der Waals surface area (Å²) in [7, 11) is 0. The number of H-pyrrole nitrogens is 1. The van der Waals surface area contributed by atoms with Gasteiger partial charge in [-0.05, 0) is 60.8 Å². The molecule has 1 aromatic carbocycles. The molecular formula is C26H28N8. The first-order valence-electron chi connectivity index (χ1n) is 12.2. The van der Waals surface area contributed by atoms with Crippen LogP contribution < -0.4 is 15.5 Å². The first-order valence-corrected chi connectivity index (χ1v) is 12.2. The van der Waals surface area contributed by atoms with Crippen LogP contribution in [0, 0.1) is 5.41 Å². The molecule has 3 aromatic heterocycles. The van der Waals surface area contributed by atoms with Gasteiger partial charge in [-0.3, -0.25) is 10.1 Å². The van der Waals surface area contributed by atoms with E-state index in [1.807, 2.05) is 18.5 Å². The van der Waals surface area contributed by atoms with Gasteiger partial charge >= 0.3 is 0 Å². The van der Waals surface area contributed by atoms with E-state index < -0.39 is 0 Å². The molecule has 7 rings (SSSR count). The fourth-order valence-electron chi connectivity index (χ4n) is 6.22. The summed E-state index contributed by atoms with van der Waals surface area (Å²) in [6.07, 6.45) is 9.01. The van der Waals surface area contributed by atoms with Crippen molar-refractivity contribution in [3.8, 4) is 0 Å². The predicted octanol–water partition coefficient (Wildman–Crippen LogP) is 3.67. The minimum atomic E-state index is 0.122. The number of pyridine rings is 1. The molecule has 0 amide bonds. The monoisotopic (exact) mass is 452 g/mol. The van der Waals surface area contributed by atoms with Crippen LogP contribution in [0.15, 0.2) is 48.8 Å². The lowest BCUT2D eigenvalue weighted by atomic mass is 9.73. The molecule has 172 valence electrons. The maximum absolute atomic E-state index is 6.75. The number of hydrogen-bond donors (Lipinski definition) is 2. The van der Waals surface area contributed by atoms with E-state index in [0.29, 0.717) is 0 Å². The van der Waals surface area contributed by atoms with Gasteiger partial charge in [0.25, 0.3) is 0 Å². The van der Waals surface area contributed by atoms with Gasteiger partial charge in [-0.2, -0.15) is 5.10 Å². The van der Waals surface area contributed by atoms with Gasteiger partial charge in [0, 0.05) is 31.9 Å². The molecule has 1 spiro atoms. The second kappa shape index (κ2) is 7.50. The van der Waals surface area contributed by atoms with Crippen molar-refractivity contribution in [2.24, 2.45) is 11.1 Å². The lowest BCUT2D eigenvalue weighted by molar-refractivity contribution is 0.187. The number of piperidine rings is 1. The fraction of sp³-hybridized carbons (Fsp3) is 0.385. The molecule has 0 unspecified atom stereocenters. The Hall–Kier alpha value is -3.52. The summed E-state index contributed by atoms with van der Waals surface area (Å²) >= 11 is 0. The third-order valence-corrected chi connectivity index (χ3v) is 8.12. The Kier molecular flexibility index (Phi) is 4.39. The summed E-state index contributed by atoms with van der Waals surface area (Å²) in [4.78, 5) is 18.8. The van der Waals surface area contributed by atoms with E-state index in [9.17, 15) is 0 Å². The summed E-state index contributed by atoms with van der Waals surface area (Å²) < 4.78 is 0. The molecule has 0 radical (unpaired) electrons. The topological polar surface area (TPSA) is 99.9 Å². The van der Waals surface area contributed by atoms with E-state index in [4.69, 9.17) is 15.7 Å². The van der Waals surface area contributed by atoms with Crippen LogP contribution in [0.4, 0.5) is 17.3 Å². The molecule has 1 atom stereocenters. The zero-order chi connectivity index (χ0) is 22.7. The molecule has 5 heterocycles. The molecule has 8 heteroatoms. The first-order chi connectivity index (χ1) is 16.7. The van der Waals surface area contributed by atoms with E-state index >= 15 is 0 Å². The number of aromatic nitrogens is 5. The maximum Gasteiger partial charge on any atom is 0.183 e. The third kappa shape index (κ3) is 2.94. The number of aromatic amines is 1. The Morgan fingerprint density at radius 3 is 2.79 bits per heavy atom. The highest BCUT2D eigenvalue weighted by atomic mass is 15.3. The molecule has 0 saturated carbocycles. The highest BCUT2D eigenvalue weighted by Gasteiger charge is 2.45. The van der Waals surface area contributed by atoms with Gasteiger partial charge in [-0.15, -0.1) is 0 Å². The average Bonchev–Trinajstić information content (AvgIpc) is 3.43. The number of hydrogen-bond acceptors (Lipinski definition) is 7. The van der Waals surface area contributed by atoms with Crippen molar-refractivity contribution >= 4 is 28.5 Å². The van der Waals surface area contributed by atoms with Gasteiger partial charge < -0.3 is 15.5 Å². The maximum atomic E-state index is 6.75. The first kappa shape index (κ1) is 19.9. The number of fused-ring (bicyclic) bond motifs is 3. The Bertz CT molecular complexity index is 1370. The van der Waals surface area contributed by atoms with Gasteiger partial charge in [-0.25, -0.2) is 9.97 Å². The number of nitrogens with two attached hydrogens (primary N) is 1. The SMILES string of the molecule is N[C@@H]1c2ccccc2CC12CCN(c1cnc3c(N4CCCc5ncccc54)n[nH]c3n1)CC2. The Morgan fingerprint density at radius 1 is 1.03 bits per heavy atom. The normalized spacial score (nSPS) is 21.1. The summed E-state index contributed by atoms with van der Waals surface area (Å²) in [5.74, 6) is 1.73. The Labute approximate surface area is 198 Å². The molecule has 4 aromatic rings. The van der Waals surface area contributed by atoms with Gasteiger partial charge in [0.05, 0.1) is 17.6 Å². The molecule has 0 bridgehead atoms. The minimum Gasteiger partial charge on any atom is -0.355 e. The van der Waals surface area contributed by atoms with Gasteiger partial charge in [0.1, 0.15) is 5.82 Å². The largest absolute Gasteiger partial charge is 0.355 e. The number of nitrogens with zero attached hydrogens (tertiary/aromatic N) is 6. The molecule has 3 N–H and O–H groups in total. The second-order valence-corrected chi connectivity index (χ2v) is 9.90. The van der Waals surface area contributed by atoms with Crippen LogP contribution in [0.25, 0.3) is 11.2 Å².